The van der Waals surface area contributed by atoms with Crippen molar-refractivity contribution >= 4 is 5.91 Å². The molecule has 1 aromatic heterocycles. The van der Waals surface area contributed by atoms with E-state index in [0.717, 1.165) is 26.0 Å². The Balaban J connectivity index is 2.08. The summed E-state index contributed by atoms with van der Waals surface area (Å²) in [7, 11) is 4.00. The molecule has 0 radical (unpaired) electrons. The van der Waals surface area contributed by atoms with Crippen molar-refractivity contribution in [3.05, 3.63) is 17.3 Å². The summed E-state index contributed by atoms with van der Waals surface area (Å²) in [5.74, 6) is 0.787. The quantitative estimate of drug-likeness (QED) is 0.795. The molecule has 1 unspecified atom stereocenters. The number of likely N-dealkylation sites (N-methyl/N-ethyl adjacent to an activating group) is 1. The van der Waals surface area contributed by atoms with Gasteiger partial charge in [0, 0.05) is 33.2 Å². The van der Waals surface area contributed by atoms with Gasteiger partial charge >= 0.3 is 0 Å². The maximum atomic E-state index is 12.7. The van der Waals surface area contributed by atoms with Gasteiger partial charge in [-0.15, -0.1) is 0 Å². The van der Waals surface area contributed by atoms with E-state index in [0.29, 0.717) is 30.4 Å². The van der Waals surface area contributed by atoms with E-state index in [1.165, 1.54) is 0 Å². The smallest absolute Gasteiger partial charge is 0.291 e. The Morgan fingerprint density at radius 1 is 1.33 bits per heavy atom. The summed E-state index contributed by atoms with van der Waals surface area (Å²) in [6.45, 7) is 6.44. The highest BCUT2D eigenvalue weighted by molar-refractivity contribution is 5.92. The first kappa shape index (κ1) is 16.0. The van der Waals surface area contributed by atoms with Crippen LogP contribution in [0, 0.1) is 13.8 Å². The van der Waals surface area contributed by atoms with Crippen molar-refractivity contribution in [2.24, 2.45) is 0 Å². The van der Waals surface area contributed by atoms with E-state index in [1.54, 1.807) is 13.8 Å². The Hall–Kier alpha value is -1.40. The van der Waals surface area contributed by atoms with Crippen LogP contribution in [0.1, 0.15) is 35.0 Å². The Bertz CT molecular complexity index is 479. The first-order valence-electron chi connectivity index (χ1n) is 7.47. The van der Waals surface area contributed by atoms with E-state index >= 15 is 0 Å². The van der Waals surface area contributed by atoms with Crippen molar-refractivity contribution in [3.8, 4) is 0 Å². The average Bonchev–Trinajstić information content (AvgIpc) is 3.03. The minimum Gasteiger partial charge on any atom is -0.436 e. The number of amides is 1. The number of nitrogens with zero attached hydrogens (tertiary/aromatic N) is 3. The summed E-state index contributed by atoms with van der Waals surface area (Å²) >= 11 is 0. The van der Waals surface area contributed by atoms with Gasteiger partial charge in [0.1, 0.15) is 0 Å². The zero-order chi connectivity index (χ0) is 15.4. The summed E-state index contributed by atoms with van der Waals surface area (Å²) in [6, 6.07) is 0. The summed E-state index contributed by atoms with van der Waals surface area (Å²) in [4.78, 5) is 20.8. The lowest BCUT2D eigenvalue weighted by molar-refractivity contribution is 0.0487. The standard InChI is InChI=1S/C15H25N3O3/c1-11-14(21-12(2)16-11)15(19)18(8-7-17(3)4)10-13-6-5-9-20-13/h13H,5-10H2,1-4H3. The molecule has 2 rings (SSSR count). The molecule has 1 aliphatic heterocycles. The normalized spacial score (nSPS) is 18.4. The molecule has 0 N–H and O–H groups in total. The molecule has 1 amide bonds. The summed E-state index contributed by atoms with van der Waals surface area (Å²) in [5.41, 5.74) is 0.652. The van der Waals surface area contributed by atoms with Crippen LogP contribution in [0.2, 0.25) is 0 Å². The van der Waals surface area contributed by atoms with Crippen LogP contribution in [0.4, 0.5) is 0 Å². The number of aromatic nitrogens is 1. The van der Waals surface area contributed by atoms with Crippen molar-refractivity contribution in [1.82, 2.24) is 14.8 Å². The fourth-order valence-corrected chi connectivity index (χ4v) is 2.50. The Labute approximate surface area is 126 Å². The monoisotopic (exact) mass is 295 g/mol. The molecule has 0 aliphatic carbocycles. The van der Waals surface area contributed by atoms with Crippen LogP contribution in [0.25, 0.3) is 0 Å². The van der Waals surface area contributed by atoms with Gasteiger partial charge in [0.15, 0.2) is 5.89 Å². The maximum absolute atomic E-state index is 12.7. The van der Waals surface area contributed by atoms with Gasteiger partial charge in [0.05, 0.1) is 11.8 Å². The molecule has 0 spiro atoms. The molecule has 0 aromatic carbocycles. The molecule has 1 atom stereocenters. The average molecular weight is 295 g/mol. The van der Waals surface area contributed by atoms with Gasteiger partial charge in [-0.2, -0.15) is 0 Å². The highest BCUT2D eigenvalue weighted by atomic mass is 16.5. The van der Waals surface area contributed by atoms with Crippen LogP contribution in [0.3, 0.4) is 0 Å². The lowest BCUT2D eigenvalue weighted by Crippen LogP contribution is -2.41. The molecule has 1 aromatic rings. The van der Waals surface area contributed by atoms with Crippen LogP contribution in [0.5, 0.6) is 0 Å². The van der Waals surface area contributed by atoms with E-state index in [2.05, 4.69) is 9.88 Å². The third-order valence-electron chi connectivity index (χ3n) is 3.65. The van der Waals surface area contributed by atoms with Crippen LogP contribution < -0.4 is 0 Å². The minimum absolute atomic E-state index is 0.0922. The van der Waals surface area contributed by atoms with Gasteiger partial charge < -0.3 is 19.0 Å². The number of carbonyl (C=O) groups excluding carboxylic acids is 1. The fraction of sp³-hybridized carbons (Fsp3) is 0.733. The lowest BCUT2D eigenvalue weighted by Gasteiger charge is -2.26. The second-order valence-electron chi connectivity index (χ2n) is 5.84. The van der Waals surface area contributed by atoms with E-state index < -0.39 is 0 Å². The zero-order valence-corrected chi connectivity index (χ0v) is 13.4. The van der Waals surface area contributed by atoms with E-state index in [9.17, 15) is 4.79 Å². The zero-order valence-electron chi connectivity index (χ0n) is 13.4. The lowest BCUT2D eigenvalue weighted by atomic mass is 10.2. The second-order valence-corrected chi connectivity index (χ2v) is 5.84. The molecule has 1 aliphatic rings. The van der Waals surface area contributed by atoms with Gasteiger partial charge in [-0.25, -0.2) is 4.98 Å². The SMILES string of the molecule is Cc1nc(C)c(C(=O)N(CCN(C)C)CC2CCCO2)o1. The molecule has 2 heterocycles. The predicted octanol–water partition coefficient (Wildman–Crippen LogP) is 1.47. The van der Waals surface area contributed by atoms with Crippen molar-refractivity contribution in [2.45, 2.75) is 32.8 Å². The Morgan fingerprint density at radius 3 is 2.62 bits per heavy atom. The highest BCUT2D eigenvalue weighted by Gasteiger charge is 2.26. The highest BCUT2D eigenvalue weighted by Crippen LogP contribution is 2.17. The molecule has 0 saturated carbocycles. The van der Waals surface area contributed by atoms with Crippen LogP contribution in [-0.2, 0) is 4.74 Å². The van der Waals surface area contributed by atoms with Crippen molar-refractivity contribution in [1.29, 1.82) is 0 Å². The molecule has 21 heavy (non-hydrogen) atoms. The van der Waals surface area contributed by atoms with Gasteiger partial charge in [0.25, 0.3) is 5.91 Å². The summed E-state index contributed by atoms with van der Waals surface area (Å²) < 4.78 is 11.1. The van der Waals surface area contributed by atoms with E-state index in [4.69, 9.17) is 9.15 Å². The fourth-order valence-electron chi connectivity index (χ4n) is 2.50. The van der Waals surface area contributed by atoms with Gasteiger partial charge in [-0.05, 0) is 33.9 Å². The van der Waals surface area contributed by atoms with Gasteiger partial charge in [-0.3, -0.25) is 4.79 Å². The Kier molecular flexibility index (Phi) is 5.36. The van der Waals surface area contributed by atoms with Crippen molar-refractivity contribution in [2.75, 3.05) is 40.3 Å². The molecule has 6 nitrogen and oxygen atoms in total. The van der Waals surface area contributed by atoms with Crippen LogP contribution in [0.15, 0.2) is 4.42 Å². The number of ether oxygens (including phenoxy) is 1. The third kappa shape index (κ3) is 4.28. The first-order valence-corrected chi connectivity index (χ1v) is 7.47. The third-order valence-corrected chi connectivity index (χ3v) is 3.65. The number of rotatable bonds is 6. The van der Waals surface area contributed by atoms with E-state index in [-0.39, 0.29) is 12.0 Å². The number of aryl methyl sites for hydroxylation is 2. The number of hydrogen-bond donors (Lipinski definition) is 0. The molecule has 0 bridgehead atoms. The van der Waals surface area contributed by atoms with Crippen LogP contribution in [-0.4, -0.2) is 67.1 Å². The molecule has 1 saturated heterocycles. The molecular weight excluding hydrogens is 270 g/mol. The second kappa shape index (κ2) is 7.04. The van der Waals surface area contributed by atoms with Crippen molar-refractivity contribution in [3.63, 3.8) is 0 Å². The summed E-state index contributed by atoms with van der Waals surface area (Å²) in [5, 5.41) is 0. The molecule has 1 fully saturated rings. The van der Waals surface area contributed by atoms with Gasteiger partial charge in [-0.1, -0.05) is 0 Å². The summed E-state index contributed by atoms with van der Waals surface area (Å²) in [6.07, 6.45) is 2.22. The molecule has 6 heteroatoms. The number of carbonyl (C=O) groups is 1. The first-order chi connectivity index (χ1) is 9.97. The molecule has 118 valence electrons. The molecular formula is C15H25N3O3. The van der Waals surface area contributed by atoms with E-state index in [1.807, 2.05) is 19.0 Å². The van der Waals surface area contributed by atoms with Crippen LogP contribution >= 0.6 is 0 Å². The largest absolute Gasteiger partial charge is 0.436 e. The predicted molar refractivity (Wildman–Crippen MR) is 79.4 cm³/mol. The van der Waals surface area contributed by atoms with Crippen molar-refractivity contribution < 1.29 is 13.9 Å². The number of oxazole rings is 1. The minimum atomic E-state index is -0.0922. The van der Waals surface area contributed by atoms with Gasteiger partial charge in [0.2, 0.25) is 5.76 Å². The topological polar surface area (TPSA) is 58.8 Å². The maximum Gasteiger partial charge on any atom is 0.291 e. The number of hydrogen-bond acceptors (Lipinski definition) is 5. The Morgan fingerprint density at radius 2 is 2.10 bits per heavy atom.